The molecule has 0 aliphatic heterocycles. The van der Waals surface area contributed by atoms with Gasteiger partial charge in [-0.15, -0.1) is 0 Å². The second-order valence-corrected chi connectivity index (χ2v) is 6.30. The first-order valence-corrected chi connectivity index (χ1v) is 8.48. The molecule has 1 heterocycles. The van der Waals surface area contributed by atoms with Crippen LogP contribution in [0.5, 0.6) is 0 Å². The molecular weight excluding hydrogens is 308 g/mol. The zero-order chi connectivity index (χ0) is 15.2. The van der Waals surface area contributed by atoms with Crippen molar-refractivity contribution in [3.63, 3.8) is 0 Å². The fourth-order valence-electron chi connectivity index (χ4n) is 2.23. The summed E-state index contributed by atoms with van der Waals surface area (Å²) in [6.45, 7) is 3.04. The number of hydrogen-bond acceptors (Lipinski definition) is 3. The minimum Gasteiger partial charge on any atom is -0.481 e. The molecule has 0 atom stereocenters. The predicted octanol–water partition coefficient (Wildman–Crippen LogP) is 4.45. The number of rotatable bonds is 8. The summed E-state index contributed by atoms with van der Waals surface area (Å²) >= 11 is 7.26. The number of imidazole rings is 1. The van der Waals surface area contributed by atoms with Gasteiger partial charge in [0.15, 0.2) is 5.16 Å². The quantitative estimate of drug-likeness (QED) is 0.575. The topological polar surface area (TPSA) is 55.1 Å². The lowest BCUT2D eigenvalue weighted by atomic mass is 10.2. The molecule has 4 nitrogen and oxygen atoms in total. The Kier molecular flexibility index (Phi) is 5.94. The smallest absolute Gasteiger partial charge is 0.313 e. The normalized spacial score (nSPS) is 11.1. The van der Waals surface area contributed by atoms with Crippen molar-refractivity contribution >= 4 is 40.4 Å². The van der Waals surface area contributed by atoms with Crippen LogP contribution in [0.4, 0.5) is 0 Å². The minimum atomic E-state index is -0.831. The zero-order valence-corrected chi connectivity index (χ0v) is 13.6. The molecule has 0 aliphatic rings. The maximum atomic E-state index is 10.8. The number of thioether (sulfide) groups is 1. The number of nitrogens with zero attached hydrogens (tertiary/aromatic N) is 2. The Labute approximate surface area is 133 Å². The van der Waals surface area contributed by atoms with E-state index in [-0.39, 0.29) is 5.75 Å². The molecule has 2 rings (SSSR count). The van der Waals surface area contributed by atoms with Crippen LogP contribution in [0.25, 0.3) is 11.0 Å². The molecule has 0 spiro atoms. The number of halogens is 1. The van der Waals surface area contributed by atoms with Crippen molar-refractivity contribution in [2.75, 3.05) is 5.75 Å². The summed E-state index contributed by atoms with van der Waals surface area (Å²) in [5.41, 5.74) is 1.84. The first-order valence-electron chi connectivity index (χ1n) is 7.12. The number of carboxylic acid groups (broad SMARTS) is 1. The van der Waals surface area contributed by atoms with Crippen molar-refractivity contribution in [1.82, 2.24) is 9.55 Å². The van der Waals surface area contributed by atoms with Crippen molar-refractivity contribution in [3.8, 4) is 0 Å². The van der Waals surface area contributed by atoms with Crippen LogP contribution in [0.15, 0.2) is 23.4 Å². The van der Waals surface area contributed by atoms with Crippen molar-refractivity contribution < 1.29 is 9.90 Å². The molecule has 0 unspecified atom stereocenters. The Morgan fingerprint density at radius 1 is 1.38 bits per heavy atom. The molecule has 21 heavy (non-hydrogen) atoms. The first-order chi connectivity index (χ1) is 10.1. The van der Waals surface area contributed by atoms with E-state index in [4.69, 9.17) is 16.7 Å². The van der Waals surface area contributed by atoms with Gasteiger partial charge >= 0.3 is 5.97 Å². The number of benzene rings is 1. The van der Waals surface area contributed by atoms with E-state index in [0.717, 1.165) is 29.2 Å². The molecule has 2 aromatic rings. The summed E-state index contributed by atoms with van der Waals surface area (Å²) < 4.78 is 2.11. The molecule has 0 bridgehead atoms. The molecular formula is C15H19ClN2O2S. The second-order valence-electron chi connectivity index (χ2n) is 4.92. The molecule has 0 aliphatic carbocycles. The van der Waals surface area contributed by atoms with Crippen molar-refractivity contribution in [1.29, 1.82) is 0 Å². The summed E-state index contributed by atoms with van der Waals surface area (Å²) in [7, 11) is 0. The number of unbranched alkanes of at least 4 members (excludes halogenated alkanes) is 3. The van der Waals surface area contributed by atoms with E-state index >= 15 is 0 Å². The van der Waals surface area contributed by atoms with Crippen LogP contribution < -0.4 is 0 Å². The lowest BCUT2D eigenvalue weighted by Gasteiger charge is -2.08. The highest BCUT2D eigenvalue weighted by atomic mass is 35.5. The summed E-state index contributed by atoms with van der Waals surface area (Å²) in [5.74, 6) is -0.811. The second kappa shape index (κ2) is 7.71. The summed E-state index contributed by atoms with van der Waals surface area (Å²) in [5, 5.41) is 10.3. The number of aromatic nitrogens is 2. The number of aliphatic carboxylic acids is 1. The van der Waals surface area contributed by atoms with Crippen LogP contribution in [-0.2, 0) is 11.3 Å². The third-order valence-corrected chi connectivity index (χ3v) is 4.43. The van der Waals surface area contributed by atoms with Gasteiger partial charge in [0, 0.05) is 11.6 Å². The van der Waals surface area contributed by atoms with Gasteiger partial charge in [-0.25, -0.2) is 4.98 Å². The number of hydrogen-bond donors (Lipinski definition) is 1. The van der Waals surface area contributed by atoms with Gasteiger partial charge in [-0.05, 0) is 24.6 Å². The average molecular weight is 327 g/mol. The Balaban J connectivity index is 2.23. The molecule has 0 radical (unpaired) electrons. The predicted molar refractivity (Wildman–Crippen MR) is 87.2 cm³/mol. The van der Waals surface area contributed by atoms with Gasteiger partial charge in [-0.3, -0.25) is 4.79 Å². The first kappa shape index (κ1) is 16.2. The van der Waals surface area contributed by atoms with Gasteiger partial charge in [-0.1, -0.05) is 49.5 Å². The van der Waals surface area contributed by atoms with Crippen LogP contribution in [0, 0.1) is 0 Å². The summed E-state index contributed by atoms with van der Waals surface area (Å²) in [6.07, 6.45) is 4.66. The molecule has 0 amide bonds. The van der Waals surface area contributed by atoms with Crippen LogP contribution >= 0.6 is 23.4 Å². The minimum absolute atomic E-state index is 0.0199. The van der Waals surface area contributed by atoms with E-state index in [1.54, 1.807) is 0 Å². The maximum Gasteiger partial charge on any atom is 0.313 e. The monoisotopic (exact) mass is 326 g/mol. The largest absolute Gasteiger partial charge is 0.481 e. The Hall–Kier alpha value is -1.20. The van der Waals surface area contributed by atoms with Crippen LogP contribution in [0.2, 0.25) is 5.02 Å². The van der Waals surface area contributed by atoms with Gasteiger partial charge in [-0.2, -0.15) is 0 Å². The zero-order valence-electron chi connectivity index (χ0n) is 12.0. The van der Waals surface area contributed by atoms with Gasteiger partial charge in [0.05, 0.1) is 16.8 Å². The number of aryl methyl sites for hydroxylation is 1. The van der Waals surface area contributed by atoms with Crippen molar-refractivity contribution in [2.45, 2.75) is 44.3 Å². The van der Waals surface area contributed by atoms with Crippen LogP contribution in [0.1, 0.15) is 32.6 Å². The highest BCUT2D eigenvalue weighted by Gasteiger charge is 2.12. The Morgan fingerprint density at radius 2 is 2.19 bits per heavy atom. The Bertz CT molecular complexity index is 627. The van der Waals surface area contributed by atoms with Gasteiger partial charge in [0.1, 0.15) is 0 Å². The highest BCUT2D eigenvalue weighted by Crippen LogP contribution is 2.26. The molecule has 1 aromatic carbocycles. The van der Waals surface area contributed by atoms with Crippen LogP contribution in [0.3, 0.4) is 0 Å². The van der Waals surface area contributed by atoms with E-state index in [2.05, 4.69) is 16.5 Å². The lowest BCUT2D eigenvalue weighted by Crippen LogP contribution is -2.03. The summed E-state index contributed by atoms with van der Waals surface area (Å²) in [4.78, 5) is 15.3. The molecule has 6 heteroatoms. The van der Waals surface area contributed by atoms with E-state index in [1.165, 1.54) is 31.0 Å². The van der Waals surface area contributed by atoms with Crippen molar-refractivity contribution in [2.24, 2.45) is 0 Å². The average Bonchev–Trinajstić information content (AvgIpc) is 2.78. The van der Waals surface area contributed by atoms with Gasteiger partial charge < -0.3 is 9.67 Å². The summed E-state index contributed by atoms with van der Waals surface area (Å²) in [6, 6.07) is 5.62. The van der Waals surface area contributed by atoms with E-state index in [0.29, 0.717) is 5.02 Å². The third kappa shape index (κ3) is 4.38. The molecule has 1 aromatic heterocycles. The molecule has 0 saturated carbocycles. The number of carboxylic acids is 1. The van der Waals surface area contributed by atoms with Crippen molar-refractivity contribution in [3.05, 3.63) is 23.2 Å². The molecule has 1 N–H and O–H groups in total. The van der Waals surface area contributed by atoms with Gasteiger partial charge in [0.2, 0.25) is 0 Å². The third-order valence-electron chi connectivity index (χ3n) is 3.24. The highest BCUT2D eigenvalue weighted by molar-refractivity contribution is 7.99. The fraction of sp³-hybridized carbons (Fsp3) is 0.467. The SMILES string of the molecule is CCCCCCn1c(SCC(=O)O)nc2cc(Cl)ccc21. The molecule has 114 valence electrons. The maximum absolute atomic E-state index is 10.8. The molecule has 0 saturated heterocycles. The van der Waals surface area contributed by atoms with E-state index in [1.807, 2.05) is 18.2 Å². The van der Waals surface area contributed by atoms with E-state index in [9.17, 15) is 4.79 Å². The number of carbonyl (C=O) groups is 1. The Morgan fingerprint density at radius 3 is 2.90 bits per heavy atom. The fourth-order valence-corrected chi connectivity index (χ4v) is 3.16. The van der Waals surface area contributed by atoms with E-state index < -0.39 is 5.97 Å². The lowest BCUT2D eigenvalue weighted by molar-refractivity contribution is -0.133. The standard InChI is InChI=1S/C15H19ClN2O2S/c1-2-3-4-5-8-18-13-7-6-11(16)9-12(13)17-15(18)21-10-14(19)20/h6-7,9H,2-5,8,10H2,1H3,(H,19,20). The van der Waals surface area contributed by atoms with Crippen LogP contribution in [-0.4, -0.2) is 26.4 Å². The van der Waals surface area contributed by atoms with Gasteiger partial charge in [0.25, 0.3) is 0 Å². The number of fused-ring (bicyclic) bond motifs is 1. The molecule has 0 fully saturated rings.